The summed E-state index contributed by atoms with van der Waals surface area (Å²) in [7, 11) is 0. The number of carbonyl (C=O) groups excluding carboxylic acids is 2. The van der Waals surface area contributed by atoms with Crippen LogP contribution in [0.2, 0.25) is 0 Å². The Balaban J connectivity index is 1.56. The van der Waals surface area contributed by atoms with Crippen molar-refractivity contribution in [3.05, 3.63) is 59.3 Å². The standard InChI is InChI=1S/C17H14N2O3/c20-15-8-14(10-4-1-2-5-11(10)15)19-16(21)13-9-22-17-12(13)6-3-7-18-17/h1-7,13-14H,8-9H2,(H,19,21)/t13-,14+/m1/s1. The number of fused-ring (bicyclic) bond motifs is 2. The number of hydrogen-bond donors (Lipinski definition) is 1. The molecule has 22 heavy (non-hydrogen) atoms. The highest BCUT2D eigenvalue weighted by Crippen LogP contribution is 2.34. The first-order valence-corrected chi connectivity index (χ1v) is 7.24. The van der Waals surface area contributed by atoms with Crippen LogP contribution in [0.4, 0.5) is 0 Å². The number of ketones is 1. The molecular weight excluding hydrogens is 280 g/mol. The van der Waals surface area contributed by atoms with Crippen LogP contribution in [0.5, 0.6) is 5.88 Å². The SMILES string of the molecule is O=C1C[C@H](NC(=O)[C@@H]2COc3ncccc32)c2ccccc21. The maximum Gasteiger partial charge on any atom is 0.231 e. The van der Waals surface area contributed by atoms with Gasteiger partial charge in [-0.25, -0.2) is 4.98 Å². The van der Waals surface area contributed by atoms with E-state index in [4.69, 9.17) is 4.74 Å². The van der Waals surface area contributed by atoms with Gasteiger partial charge >= 0.3 is 0 Å². The lowest BCUT2D eigenvalue weighted by atomic mass is 10.0. The van der Waals surface area contributed by atoms with Crippen molar-refractivity contribution in [2.45, 2.75) is 18.4 Å². The van der Waals surface area contributed by atoms with Crippen molar-refractivity contribution in [2.24, 2.45) is 0 Å². The Labute approximate surface area is 127 Å². The van der Waals surface area contributed by atoms with Gasteiger partial charge in [0.2, 0.25) is 11.8 Å². The summed E-state index contributed by atoms with van der Waals surface area (Å²) < 4.78 is 5.45. The first-order valence-electron chi connectivity index (χ1n) is 7.24. The van der Waals surface area contributed by atoms with E-state index in [0.717, 1.165) is 11.1 Å². The van der Waals surface area contributed by atoms with Crippen LogP contribution in [0.25, 0.3) is 0 Å². The summed E-state index contributed by atoms with van der Waals surface area (Å²) in [4.78, 5) is 28.7. The van der Waals surface area contributed by atoms with E-state index in [1.54, 1.807) is 12.3 Å². The van der Waals surface area contributed by atoms with Crippen molar-refractivity contribution in [1.82, 2.24) is 10.3 Å². The molecule has 110 valence electrons. The van der Waals surface area contributed by atoms with Crippen LogP contribution in [0, 0.1) is 0 Å². The van der Waals surface area contributed by atoms with Gasteiger partial charge in [-0.3, -0.25) is 9.59 Å². The Hall–Kier alpha value is -2.69. The second-order valence-corrected chi connectivity index (χ2v) is 5.54. The molecule has 4 rings (SSSR count). The molecule has 2 aliphatic rings. The quantitative estimate of drug-likeness (QED) is 0.920. The number of nitrogens with one attached hydrogen (secondary N) is 1. The summed E-state index contributed by atoms with van der Waals surface area (Å²) in [5.74, 6) is 0.101. The Morgan fingerprint density at radius 1 is 1.18 bits per heavy atom. The highest BCUT2D eigenvalue weighted by atomic mass is 16.5. The minimum Gasteiger partial charge on any atom is -0.476 e. The number of Topliss-reactive ketones (excluding diaryl/α,β-unsaturated/α-hetero) is 1. The van der Waals surface area contributed by atoms with Gasteiger partial charge in [0.05, 0.1) is 6.04 Å². The van der Waals surface area contributed by atoms with Crippen LogP contribution < -0.4 is 10.1 Å². The Kier molecular flexibility index (Phi) is 2.92. The average Bonchev–Trinajstić information content (AvgIpc) is 3.10. The fourth-order valence-electron chi connectivity index (χ4n) is 3.12. The molecule has 0 unspecified atom stereocenters. The molecule has 5 nitrogen and oxygen atoms in total. The van der Waals surface area contributed by atoms with Gasteiger partial charge in [-0.2, -0.15) is 0 Å². The highest BCUT2D eigenvalue weighted by molar-refractivity contribution is 6.02. The van der Waals surface area contributed by atoms with Gasteiger partial charge in [0, 0.05) is 23.7 Å². The fourth-order valence-corrected chi connectivity index (χ4v) is 3.12. The fraction of sp³-hybridized carbons (Fsp3) is 0.235. The third-order valence-electron chi connectivity index (χ3n) is 4.22. The summed E-state index contributed by atoms with van der Waals surface area (Å²) in [6.45, 7) is 0.292. The summed E-state index contributed by atoms with van der Waals surface area (Å²) in [6.07, 6.45) is 1.96. The van der Waals surface area contributed by atoms with Gasteiger partial charge in [0.1, 0.15) is 12.5 Å². The number of carbonyl (C=O) groups is 2. The predicted octanol–water partition coefficient (Wildman–Crippen LogP) is 2.00. The third kappa shape index (κ3) is 1.97. The molecule has 0 bridgehead atoms. The number of pyridine rings is 1. The first kappa shape index (κ1) is 13.0. The zero-order valence-corrected chi connectivity index (χ0v) is 11.8. The minimum atomic E-state index is -0.369. The molecule has 1 amide bonds. The minimum absolute atomic E-state index is 0.0747. The van der Waals surface area contributed by atoms with Gasteiger partial charge in [-0.05, 0) is 11.6 Å². The predicted molar refractivity (Wildman–Crippen MR) is 78.7 cm³/mol. The van der Waals surface area contributed by atoms with Crippen molar-refractivity contribution < 1.29 is 14.3 Å². The number of ether oxygens (including phenoxy) is 1. The van der Waals surface area contributed by atoms with E-state index in [1.807, 2.05) is 30.3 Å². The lowest BCUT2D eigenvalue weighted by Crippen LogP contribution is -2.32. The molecule has 0 spiro atoms. The summed E-state index contributed by atoms with van der Waals surface area (Å²) in [5.41, 5.74) is 2.40. The Bertz CT molecular complexity index is 772. The van der Waals surface area contributed by atoms with E-state index in [-0.39, 0.29) is 23.7 Å². The molecule has 0 saturated carbocycles. The average molecular weight is 294 g/mol. The zero-order valence-electron chi connectivity index (χ0n) is 11.8. The number of hydrogen-bond acceptors (Lipinski definition) is 4. The van der Waals surface area contributed by atoms with E-state index in [0.29, 0.717) is 24.5 Å². The Morgan fingerprint density at radius 3 is 2.91 bits per heavy atom. The molecule has 1 N–H and O–H groups in total. The number of amides is 1. The topological polar surface area (TPSA) is 68.3 Å². The van der Waals surface area contributed by atoms with Crippen LogP contribution in [0.3, 0.4) is 0 Å². The molecule has 5 heteroatoms. The molecule has 0 fully saturated rings. The van der Waals surface area contributed by atoms with E-state index in [9.17, 15) is 9.59 Å². The van der Waals surface area contributed by atoms with Crippen LogP contribution in [0.1, 0.15) is 39.9 Å². The lowest BCUT2D eigenvalue weighted by molar-refractivity contribution is -0.123. The van der Waals surface area contributed by atoms with Crippen molar-refractivity contribution in [3.63, 3.8) is 0 Å². The van der Waals surface area contributed by atoms with E-state index >= 15 is 0 Å². The van der Waals surface area contributed by atoms with Crippen molar-refractivity contribution in [3.8, 4) is 5.88 Å². The van der Waals surface area contributed by atoms with Gasteiger partial charge < -0.3 is 10.1 Å². The molecule has 1 aromatic heterocycles. The van der Waals surface area contributed by atoms with Crippen molar-refractivity contribution in [1.29, 1.82) is 0 Å². The van der Waals surface area contributed by atoms with Gasteiger partial charge in [-0.1, -0.05) is 30.3 Å². The van der Waals surface area contributed by atoms with E-state index in [1.165, 1.54) is 0 Å². The lowest BCUT2D eigenvalue weighted by Gasteiger charge is -2.16. The first-order chi connectivity index (χ1) is 10.7. The monoisotopic (exact) mass is 294 g/mol. The van der Waals surface area contributed by atoms with Gasteiger partial charge in [-0.15, -0.1) is 0 Å². The molecular formula is C17H14N2O3. The zero-order chi connectivity index (χ0) is 15.1. The number of benzene rings is 1. The largest absolute Gasteiger partial charge is 0.476 e. The van der Waals surface area contributed by atoms with Gasteiger partial charge in [0.15, 0.2) is 5.78 Å². The third-order valence-corrected chi connectivity index (χ3v) is 4.22. The maximum atomic E-state index is 12.6. The second kappa shape index (κ2) is 4.94. The molecule has 2 atom stereocenters. The van der Waals surface area contributed by atoms with Crippen LogP contribution in [0.15, 0.2) is 42.6 Å². The number of rotatable bonds is 2. The van der Waals surface area contributed by atoms with Crippen LogP contribution >= 0.6 is 0 Å². The van der Waals surface area contributed by atoms with E-state index in [2.05, 4.69) is 10.3 Å². The molecule has 1 aliphatic heterocycles. The number of aromatic nitrogens is 1. The smallest absolute Gasteiger partial charge is 0.231 e. The van der Waals surface area contributed by atoms with Crippen molar-refractivity contribution in [2.75, 3.05) is 6.61 Å². The van der Waals surface area contributed by atoms with Gasteiger partial charge in [0.25, 0.3) is 0 Å². The molecule has 0 saturated heterocycles. The molecule has 2 aromatic rings. The van der Waals surface area contributed by atoms with Crippen LogP contribution in [-0.2, 0) is 4.79 Å². The molecule has 2 heterocycles. The number of nitrogens with zero attached hydrogens (tertiary/aromatic N) is 1. The van der Waals surface area contributed by atoms with Crippen molar-refractivity contribution >= 4 is 11.7 Å². The molecule has 1 aliphatic carbocycles. The van der Waals surface area contributed by atoms with Crippen LogP contribution in [-0.4, -0.2) is 23.3 Å². The molecule has 0 radical (unpaired) electrons. The van der Waals surface area contributed by atoms with E-state index < -0.39 is 0 Å². The normalized spacial score (nSPS) is 21.9. The maximum absolute atomic E-state index is 12.6. The second-order valence-electron chi connectivity index (χ2n) is 5.54. The highest BCUT2D eigenvalue weighted by Gasteiger charge is 2.35. The summed E-state index contributed by atoms with van der Waals surface area (Å²) in [6, 6.07) is 10.8. The molecule has 1 aromatic carbocycles. The Morgan fingerprint density at radius 2 is 2.00 bits per heavy atom. The summed E-state index contributed by atoms with van der Waals surface area (Å²) in [5, 5.41) is 2.98. The summed E-state index contributed by atoms with van der Waals surface area (Å²) >= 11 is 0.